The van der Waals surface area contributed by atoms with Crippen LogP contribution in [0.1, 0.15) is 41.8 Å². The van der Waals surface area contributed by atoms with Gasteiger partial charge in [-0.25, -0.2) is 0 Å². The average Bonchev–Trinajstić information content (AvgIpc) is 3.40. The standard InChI is InChI=1S/C20H24BrClN4S2/c1-25-19(17-7-8-18(22)28-17)23-24-20(25)27-12-2-10-26-11-9-15(13-26)14-3-5-16(21)6-4-14/h3-6,8,15,17H,2,7,9-13H2,1H3. The molecule has 0 spiro atoms. The van der Waals surface area contributed by atoms with Crippen molar-refractivity contribution in [2.75, 3.05) is 25.4 Å². The zero-order valence-corrected chi connectivity index (χ0v) is 19.8. The van der Waals surface area contributed by atoms with Crippen molar-refractivity contribution in [3.8, 4) is 0 Å². The largest absolute Gasteiger partial charge is 0.308 e. The lowest BCUT2D eigenvalue weighted by Crippen LogP contribution is -2.22. The van der Waals surface area contributed by atoms with Crippen molar-refractivity contribution in [1.82, 2.24) is 19.7 Å². The maximum atomic E-state index is 6.09. The van der Waals surface area contributed by atoms with Gasteiger partial charge in [0.15, 0.2) is 5.16 Å². The number of rotatable bonds is 7. The van der Waals surface area contributed by atoms with Crippen LogP contribution in [0.2, 0.25) is 0 Å². The Kier molecular flexibility index (Phi) is 7.10. The molecule has 2 unspecified atom stereocenters. The summed E-state index contributed by atoms with van der Waals surface area (Å²) in [5.74, 6) is 2.77. The van der Waals surface area contributed by atoms with Gasteiger partial charge in [-0.3, -0.25) is 0 Å². The highest BCUT2D eigenvalue weighted by molar-refractivity contribution is 9.10. The van der Waals surface area contributed by atoms with E-state index in [1.165, 1.54) is 31.5 Å². The Bertz CT molecular complexity index is 839. The number of aromatic nitrogens is 3. The second kappa shape index (κ2) is 9.56. The Balaban J connectivity index is 1.20. The number of benzene rings is 1. The lowest BCUT2D eigenvalue weighted by Gasteiger charge is -2.16. The van der Waals surface area contributed by atoms with E-state index in [1.807, 2.05) is 11.8 Å². The topological polar surface area (TPSA) is 34.0 Å². The van der Waals surface area contributed by atoms with Gasteiger partial charge >= 0.3 is 0 Å². The average molecular weight is 500 g/mol. The van der Waals surface area contributed by atoms with Crippen LogP contribution in [0, 0.1) is 0 Å². The molecular formula is C20H24BrClN4S2. The fourth-order valence-corrected chi connectivity index (χ4v) is 6.30. The van der Waals surface area contributed by atoms with Crippen LogP contribution in [0.5, 0.6) is 0 Å². The molecule has 1 aromatic heterocycles. The third-order valence-electron chi connectivity index (χ3n) is 5.37. The fraction of sp³-hybridized carbons (Fsp3) is 0.500. The molecule has 0 amide bonds. The summed E-state index contributed by atoms with van der Waals surface area (Å²) in [6.07, 6.45) is 5.44. The first-order valence-corrected chi connectivity index (χ1v) is 12.7. The number of thioether (sulfide) groups is 2. The van der Waals surface area contributed by atoms with Crippen molar-refractivity contribution < 1.29 is 0 Å². The van der Waals surface area contributed by atoms with E-state index in [0.717, 1.165) is 38.5 Å². The summed E-state index contributed by atoms with van der Waals surface area (Å²) in [7, 11) is 2.06. The van der Waals surface area contributed by atoms with Crippen molar-refractivity contribution >= 4 is 51.1 Å². The van der Waals surface area contributed by atoms with Gasteiger partial charge in [0.25, 0.3) is 0 Å². The lowest BCUT2D eigenvalue weighted by molar-refractivity contribution is 0.336. The molecule has 4 nitrogen and oxygen atoms in total. The van der Waals surface area contributed by atoms with Crippen LogP contribution >= 0.6 is 51.1 Å². The molecule has 0 bridgehead atoms. The lowest BCUT2D eigenvalue weighted by atomic mass is 9.99. The fourth-order valence-electron chi connectivity index (χ4n) is 3.82. The first-order chi connectivity index (χ1) is 13.6. The van der Waals surface area contributed by atoms with E-state index >= 15 is 0 Å². The van der Waals surface area contributed by atoms with Gasteiger partial charge in [-0.1, -0.05) is 57.5 Å². The minimum Gasteiger partial charge on any atom is -0.308 e. The molecule has 2 aliphatic rings. The number of allylic oxidation sites excluding steroid dienone is 1. The molecule has 0 N–H and O–H groups in total. The Morgan fingerprint density at radius 2 is 2.11 bits per heavy atom. The number of nitrogens with zero attached hydrogens (tertiary/aromatic N) is 4. The van der Waals surface area contributed by atoms with E-state index in [4.69, 9.17) is 11.6 Å². The molecule has 4 rings (SSSR count). The van der Waals surface area contributed by atoms with Crippen LogP contribution in [0.4, 0.5) is 0 Å². The molecule has 2 atom stereocenters. The number of hydrogen-bond donors (Lipinski definition) is 0. The molecule has 0 saturated carbocycles. The van der Waals surface area contributed by atoms with Crippen molar-refractivity contribution in [2.24, 2.45) is 7.05 Å². The Morgan fingerprint density at radius 1 is 1.29 bits per heavy atom. The third-order valence-corrected chi connectivity index (χ3v) is 8.50. The smallest absolute Gasteiger partial charge is 0.190 e. The van der Waals surface area contributed by atoms with Crippen molar-refractivity contribution in [2.45, 2.75) is 35.6 Å². The van der Waals surface area contributed by atoms with Gasteiger partial charge in [0.2, 0.25) is 0 Å². The minimum atomic E-state index is 0.305. The van der Waals surface area contributed by atoms with Crippen molar-refractivity contribution in [3.05, 3.63) is 50.6 Å². The molecule has 2 aliphatic heterocycles. The molecular weight excluding hydrogens is 476 g/mol. The van der Waals surface area contributed by atoms with Crippen LogP contribution in [0.3, 0.4) is 0 Å². The molecule has 1 saturated heterocycles. The Morgan fingerprint density at radius 3 is 2.86 bits per heavy atom. The highest BCUT2D eigenvalue weighted by Crippen LogP contribution is 2.44. The normalized spacial score (nSPS) is 22.8. The zero-order valence-electron chi connectivity index (χ0n) is 15.9. The molecule has 2 aromatic rings. The summed E-state index contributed by atoms with van der Waals surface area (Å²) in [6, 6.07) is 8.81. The number of halogens is 2. The second-order valence-electron chi connectivity index (χ2n) is 7.29. The van der Waals surface area contributed by atoms with Gasteiger partial charge in [-0.15, -0.1) is 22.0 Å². The first kappa shape index (κ1) is 20.8. The summed E-state index contributed by atoms with van der Waals surface area (Å²) in [6.45, 7) is 3.53. The van der Waals surface area contributed by atoms with Crippen LogP contribution in [-0.2, 0) is 7.05 Å². The van der Waals surface area contributed by atoms with Crippen LogP contribution < -0.4 is 0 Å². The maximum absolute atomic E-state index is 6.09. The van der Waals surface area contributed by atoms with E-state index in [1.54, 1.807) is 11.8 Å². The predicted octanol–water partition coefficient (Wildman–Crippen LogP) is 5.81. The van der Waals surface area contributed by atoms with Crippen LogP contribution in [0.15, 0.2) is 44.3 Å². The summed E-state index contributed by atoms with van der Waals surface area (Å²) >= 11 is 13.1. The van der Waals surface area contributed by atoms with Crippen molar-refractivity contribution in [1.29, 1.82) is 0 Å². The molecule has 3 heterocycles. The van der Waals surface area contributed by atoms with Crippen LogP contribution in [-0.4, -0.2) is 45.1 Å². The van der Waals surface area contributed by atoms with Crippen LogP contribution in [0.25, 0.3) is 0 Å². The monoisotopic (exact) mass is 498 g/mol. The maximum Gasteiger partial charge on any atom is 0.190 e. The molecule has 0 radical (unpaired) electrons. The molecule has 8 heteroatoms. The zero-order chi connectivity index (χ0) is 19.5. The van der Waals surface area contributed by atoms with E-state index in [9.17, 15) is 0 Å². The third kappa shape index (κ3) is 4.98. The number of likely N-dealkylation sites (tertiary alicyclic amines) is 1. The second-order valence-corrected chi connectivity index (χ2v) is 11.1. The highest BCUT2D eigenvalue weighted by Gasteiger charge is 2.25. The van der Waals surface area contributed by atoms with Gasteiger partial charge < -0.3 is 9.47 Å². The molecule has 150 valence electrons. The molecule has 28 heavy (non-hydrogen) atoms. The Hall–Kier alpha value is -0.470. The van der Waals surface area contributed by atoms with Gasteiger partial charge in [-0.2, -0.15) is 0 Å². The summed E-state index contributed by atoms with van der Waals surface area (Å²) in [5.41, 5.74) is 1.46. The highest BCUT2D eigenvalue weighted by atomic mass is 79.9. The van der Waals surface area contributed by atoms with E-state index in [-0.39, 0.29) is 0 Å². The summed E-state index contributed by atoms with van der Waals surface area (Å²) < 4.78 is 4.15. The van der Waals surface area contributed by atoms with Gasteiger partial charge in [0, 0.05) is 23.8 Å². The Labute approximate surface area is 188 Å². The molecule has 1 fully saturated rings. The molecule has 1 aromatic carbocycles. The van der Waals surface area contributed by atoms with E-state index in [2.05, 4.69) is 73.0 Å². The van der Waals surface area contributed by atoms with Gasteiger partial charge in [-0.05, 0) is 56.0 Å². The first-order valence-electron chi connectivity index (χ1n) is 9.62. The van der Waals surface area contributed by atoms with Gasteiger partial charge in [0.05, 0.1) is 9.61 Å². The quantitative estimate of drug-likeness (QED) is 0.355. The predicted molar refractivity (Wildman–Crippen MR) is 123 cm³/mol. The SMILES string of the molecule is Cn1c(SCCCN2CCC(c3ccc(Br)cc3)C2)nnc1C1CC=C(Cl)S1. The number of hydrogen-bond acceptors (Lipinski definition) is 5. The minimum absolute atomic E-state index is 0.305. The van der Waals surface area contributed by atoms with Crippen molar-refractivity contribution in [3.63, 3.8) is 0 Å². The van der Waals surface area contributed by atoms with E-state index < -0.39 is 0 Å². The summed E-state index contributed by atoms with van der Waals surface area (Å²) in [4.78, 5) is 2.60. The van der Waals surface area contributed by atoms with Gasteiger partial charge in [0.1, 0.15) is 5.82 Å². The summed E-state index contributed by atoms with van der Waals surface area (Å²) in [5, 5.41) is 10.1. The van der Waals surface area contributed by atoms with E-state index in [0.29, 0.717) is 11.2 Å². The molecule has 0 aliphatic carbocycles.